The fraction of sp³-hybridized carbons (Fsp3) is 0.471. The smallest absolute Gasteiger partial charge is 0.308 e. The molecular weight excluding hydrogens is 296 g/mol. The van der Waals surface area contributed by atoms with Crippen LogP contribution in [0.4, 0.5) is 0 Å². The second-order valence-corrected chi connectivity index (χ2v) is 5.83. The fourth-order valence-corrected chi connectivity index (χ4v) is 2.69. The number of likely N-dealkylation sites (tertiary alicyclic amines) is 1. The Labute approximate surface area is 135 Å². The average molecular weight is 318 g/mol. The van der Waals surface area contributed by atoms with Crippen LogP contribution in [-0.2, 0) is 4.79 Å². The van der Waals surface area contributed by atoms with E-state index in [4.69, 9.17) is 5.11 Å². The molecule has 1 aromatic carbocycles. The minimum atomic E-state index is -0.865. The maximum atomic E-state index is 12.6. The predicted octanol–water partition coefficient (Wildman–Crippen LogP) is 1.72. The molecule has 1 saturated heterocycles. The van der Waals surface area contributed by atoms with Crippen LogP contribution in [0.3, 0.4) is 0 Å². The van der Waals surface area contributed by atoms with Gasteiger partial charge in [0.25, 0.3) is 11.8 Å². The van der Waals surface area contributed by atoms with Gasteiger partial charge in [-0.2, -0.15) is 0 Å². The highest BCUT2D eigenvalue weighted by molar-refractivity contribution is 5.99. The van der Waals surface area contributed by atoms with Crippen molar-refractivity contribution in [3.05, 3.63) is 35.4 Å². The second-order valence-electron chi connectivity index (χ2n) is 5.83. The van der Waals surface area contributed by atoms with E-state index < -0.39 is 11.9 Å². The number of rotatable bonds is 4. The molecule has 1 heterocycles. The summed E-state index contributed by atoms with van der Waals surface area (Å²) in [5.74, 6) is -1.73. The van der Waals surface area contributed by atoms with Crippen LogP contribution in [0.2, 0.25) is 0 Å². The third-order valence-electron chi connectivity index (χ3n) is 4.24. The van der Waals surface area contributed by atoms with Crippen LogP contribution in [0.15, 0.2) is 24.3 Å². The molecule has 0 saturated carbocycles. The standard InChI is InChI=1S/C17H22N2O4/c1-3-18(2)15(20)12-6-4-7-13(10-12)16(21)19-9-5-8-14(11-19)17(22)23/h4,6-7,10,14H,3,5,8-9,11H2,1-2H3,(H,22,23)/t14-/m0/s1. The molecule has 1 aromatic rings. The first-order valence-corrected chi connectivity index (χ1v) is 7.81. The number of piperidine rings is 1. The van der Waals surface area contributed by atoms with E-state index in [1.807, 2.05) is 6.92 Å². The van der Waals surface area contributed by atoms with Gasteiger partial charge in [-0.15, -0.1) is 0 Å². The zero-order chi connectivity index (χ0) is 17.0. The molecule has 124 valence electrons. The van der Waals surface area contributed by atoms with Gasteiger partial charge in [0.15, 0.2) is 0 Å². The average Bonchev–Trinajstić information content (AvgIpc) is 2.59. The molecule has 1 fully saturated rings. The van der Waals surface area contributed by atoms with Gasteiger partial charge in [-0.25, -0.2) is 0 Å². The van der Waals surface area contributed by atoms with Gasteiger partial charge < -0.3 is 14.9 Å². The van der Waals surface area contributed by atoms with Gasteiger partial charge in [0.05, 0.1) is 5.92 Å². The van der Waals surface area contributed by atoms with Crippen LogP contribution in [0.5, 0.6) is 0 Å². The maximum Gasteiger partial charge on any atom is 0.308 e. The topological polar surface area (TPSA) is 77.9 Å². The lowest BCUT2D eigenvalue weighted by Gasteiger charge is -2.30. The van der Waals surface area contributed by atoms with E-state index in [2.05, 4.69) is 0 Å². The molecule has 0 aliphatic carbocycles. The van der Waals surface area contributed by atoms with Crippen LogP contribution >= 0.6 is 0 Å². The summed E-state index contributed by atoms with van der Waals surface area (Å²) in [4.78, 5) is 39.0. The second kappa shape index (κ2) is 7.26. The van der Waals surface area contributed by atoms with Crippen molar-refractivity contribution < 1.29 is 19.5 Å². The van der Waals surface area contributed by atoms with Crippen molar-refractivity contribution in [2.75, 3.05) is 26.7 Å². The van der Waals surface area contributed by atoms with Crippen molar-refractivity contribution in [2.24, 2.45) is 5.92 Å². The van der Waals surface area contributed by atoms with Crippen LogP contribution < -0.4 is 0 Å². The van der Waals surface area contributed by atoms with Crippen molar-refractivity contribution in [3.8, 4) is 0 Å². The summed E-state index contributed by atoms with van der Waals surface area (Å²) >= 11 is 0. The molecule has 1 atom stereocenters. The SMILES string of the molecule is CCN(C)C(=O)c1cccc(C(=O)N2CCC[C@H](C(=O)O)C2)c1. The van der Waals surface area contributed by atoms with E-state index in [0.29, 0.717) is 37.1 Å². The first-order chi connectivity index (χ1) is 10.9. The van der Waals surface area contributed by atoms with Gasteiger partial charge in [-0.3, -0.25) is 14.4 Å². The highest BCUT2D eigenvalue weighted by Gasteiger charge is 2.28. The number of carbonyl (C=O) groups is 3. The highest BCUT2D eigenvalue weighted by atomic mass is 16.4. The zero-order valence-electron chi connectivity index (χ0n) is 13.5. The summed E-state index contributed by atoms with van der Waals surface area (Å²) in [5.41, 5.74) is 0.887. The van der Waals surface area contributed by atoms with E-state index >= 15 is 0 Å². The Morgan fingerprint density at radius 3 is 2.65 bits per heavy atom. The van der Waals surface area contributed by atoms with E-state index in [1.54, 1.807) is 41.1 Å². The van der Waals surface area contributed by atoms with Crippen molar-refractivity contribution >= 4 is 17.8 Å². The molecule has 2 rings (SSSR count). The quantitative estimate of drug-likeness (QED) is 0.917. The number of hydrogen-bond donors (Lipinski definition) is 1. The Morgan fingerprint density at radius 2 is 2.00 bits per heavy atom. The lowest BCUT2D eigenvalue weighted by Crippen LogP contribution is -2.42. The predicted molar refractivity (Wildman–Crippen MR) is 85.3 cm³/mol. The summed E-state index contributed by atoms with van der Waals surface area (Å²) in [6, 6.07) is 6.61. The molecule has 0 spiro atoms. The number of carboxylic acids is 1. The molecule has 0 bridgehead atoms. The van der Waals surface area contributed by atoms with Crippen LogP contribution in [0, 0.1) is 5.92 Å². The summed E-state index contributed by atoms with van der Waals surface area (Å²) in [7, 11) is 1.71. The lowest BCUT2D eigenvalue weighted by atomic mass is 9.97. The van der Waals surface area contributed by atoms with Gasteiger partial charge in [-0.05, 0) is 38.0 Å². The number of benzene rings is 1. The monoisotopic (exact) mass is 318 g/mol. The van der Waals surface area contributed by atoms with Crippen LogP contribution in [0.1, 0.15) is 40.5 Å². The van der Waals surface area contributed by atoms with E-state index in [-0.39, 0.29) is 18.4 Å². The fourth-order valence-electron chi connectivity index (χ4n) is 2.69. The third kappa shape index (κ3) is 3.88. The van der Waals surface area contributed by atoms with Gasteiger partial charge in [0, 0.05) is 37.8 Å². The number of aliphatic carboxylic acids is 1. The normalized spacial score (nSPS) is 17.7. The third-order valence-corrected chi connectivity index (χ3v) is 4.24. The van der Waals surface area contributed by atoms with Gasteiger partial charge in [0.2, 0.25) is 0 Å². The number of nitrogens with zero attached hydrogens (tertiary/aromatic N) is 2. The summed E-state index contributed by atoms with van der Waals surface area (Å²) in [6.45, 7) is 3.24. The van der Waals surface area contributed by atoms with E-state index in [0.717, 1.165) is 0 Å². The van der Waals surface area contributed by atoms with Gasteiger partial charge in [-0.1, -0.05) is 6.07 Å². The van der Waals surface area contributed by atoms with Crippen molar-refractivity contribution in [2.45, 2.75) is 19.8 Å². The Kier molecular flexibility index (Phi) is 5.36. The van der Waals surface area contributed by atoms with E-state index in [9.17, 15) is 14.4 Å². The lowest BCUT2D eigenvalue weighted by molar-refractivity contribution is -0.143. The molecule has 1 aliphatic heterocycles. The van der Waals surface area contributed by atoms with Crippen LogP contribution in [0.25, 0.3) is 0 Å². The minimum Gasteiger partial charge on any atom is -0.481 e. The molecule has 1 aliphatic rings. The van der Waals surface area contributed by atoms with Gasteiger partial charge >= 0.3 is 5.97 Å². The molecule has 1 N–H and O–H groups in total. The molecular formula is C17H22N2O4. The first kappa shape index (κ1) is 17.0. The molecule has 2 amide bonds. The van der Waals surface area contributed by atoms with E-state index in [1.165, 1.54) is 0 Å². The van der Waals surface area contributed by atoms with Gasteiger partial charge in [0.1, 0.15) is 0 Å². The summed E-state index contributed by atoms with van der Waals surface area (Å²) in [6.07, 6.45) is 1.28. The van der Waals surface area contributed by atoms with Crippen molar-refractivity contribution in [3.63, 3.8) is 0 Å². The number of carboxylic acid groups (broad SMARTS) is 1. The summed E-state index contributed by atoms with van der Waals surface area (Å²) < 4.78 is 0. The molecule has 0 radical (unpaired) electrons. The molecule has 0 aromatic heterocycles. The number of amides is 2. The minimum absolute atomic E-state index is 0.135. The Balaban J connectivity index is 2.16. The number of hydrogen-bond acceptors (Lipinski definition) is 3. The van der Waals surface area contributed by atoms with Crippen molar-refractivity contribution in [1.82, 2.24) is 9.80 Å². The zero-order valence-corrected chi connectivity index (χ0v) is 13.5. The van der Waals surface area contributed by atoms with Crippen molar-refractivity contribution in [1.29, 1.82) is 0 Å². The largest absolute Gasteiger partial charge is 0.481 e. The molecule has 23 heavy (non-hydrogen) atoms. The van der Waals surface area contributed by atoms with Crippen LogP contribution in [-0.4, -0.2) is 59.4 Å². The maximum absolute atomic E-state index is 12.6. The molecule has 6 nitrogen and oxygen atoms in total. The molecule has 6 heteroatoms. The number of carbonyl (C=O) groups excluding carboxylic acids is 2. The Bertz CT molecular complexity index is 614. The summed E-state index contributed by atoms with van der Waals surface area (Å²) in [5, 5.41) is 9.13. The Hall–Kier alpha value is -2.37. The Morgan fingerprint density at radius 1 is 1.30 bits per heavy atom. The first-order valence-electron chi connectivity index (χ1n) is 7.81. The molecule has 0 unspecified atom stereocenters. The highest BCUT2D eigenvalue weighted by Crippen LogP contribution is 2.19.